The fraction of sp³-hybridized carbons (Fsp3) is 0.429. The molecule has 0 radical (unpaired) electrons. The number of hydrogen-bond acceptors (Lipinski definition) is 2. The van der Waals surface area contributed by atoms with E-state index in [0.717, 1.165) is 0 Å². The minimum atomic E-state index is -0.486. The van der Waals surface area contributed by atoms with Crippen LogP contribution in [0.25, 0.3) is 0 Å². The van der Waals surface area contributed by atoms with Crippen LogP contribution in [0.3, 0.4) is 0 Å². The third-order valence-electron chi connectivity index (χ3n) is 0.952. The Bertz CT molecular complexity index is 187. The van der Waals surface area contributed by atoms with Crippen LogP contribution in [0.5, 0.6) is 0 Å². The molecule has 0 aliphatic heterocycles. The number of hydrogen-bond donors (Lipinski definition) is 2. The molecular weight excluding hydrogens is 144 g/mol. The van der Waals surface area contributed by atoms with Gasteiger partial charge in [0.25, 0.3) is 5.91 Å². The summed E-state index contributed by atoms with van der Waals surface area (Å²) in [6.45, 7) is 7.18. The van der Waals surface area contributed by atoms with Gasteiger partial charge in [0.15, 0.2) is 0 Å². The Labute approximate surface area is 65.7 Å². The van der Waals surface area contributed by atoms with Crippen molar-refractivity contribution in [2.75, 3.05) is 6.54 Å². The third-order valence-corrected chi connectivity index (χ3v) is 0.952. The van der Waals surface area contributed by atoms with Crippen LogP contribution in [0.4, 0.5) is 4.79 Å². The molecule has 0 bridgehead atoms. The van der Waals surface area contributed by atoms with Gasteiger partial charge in [0, 0.05) is 12.1 Å². The van der Waals surface area contributed by atoms with Gasteiger partial charge in [-0.3, -0.25) is 10.1 Å². The average Bonchev–Trinajstić information content (AvgIpc) is 1.87. The van der Waals surface area contributed by atoms with E-state index in [-0.39, 0.29) is 0 Å². The molecular formula is C7H12N2O2. The normalized spacial score (nSPS) is 8.55. The zero-order valence-electron chi connectivity index (χ0n) is 6.73. The number of nitrogens with one attached hydrogen (secondary N) is 2. The summed E-state index contributed by atoms with van der Waals surface area (Å²) < 4.78 is 0. The molecule has 0 spiro atoms. The number of carbonyl (C=O) groups excluding carboxylic acids is 2. The summed E-state index contributed by atoms with van der Waals surface area (Å²) in [5.74, 6) is -0.448. The number of rotatable bonds is 2. The molecule has 0 heterocycles. The summed E-state index contributed by atoms with van der Waals surface area (Å²) in [6, 6.07) is -0.486. The van der Waals surface area contributed by atoms with Crippen molar-refractivity contribution in [2.24, 2.45) is 0 Å². The van der Waals surface area contributed by atoms with Gasteiger partial charge in [-0.1, -0.05) is 6.58 Å². The Morgan fingerprint density at radius 1 is 1.45 bits per heavy atom. The van der Waals surface area contributed by atoms with E-state index in [1.165, 1.54) is 6.92 Å². The summed E-state index contributed by atoms with van der Waals surface area (Å²) >= 11 is 0. The molecule has 11 heavy (non-hydrogen) atoms. The predicted octanol–water partition coefficient (Wildman–Crippen LogP) is 0.408. The van der Waals surface area contributed by atoms with Crippen molar-refractivity contribution >= 4 is 11.9 Å². The molecule has 0 unspecified atom stereocenters. The van der Waals surface area contributed by atoms with Crippen LogP contribution in [0.2, 0.25) is 0 Å². The van der Waals surface area contributed by atoms with Crippen LogP contribution in [-0.2, 0) is 4.79 Å². The number of imide groups is 1. The van der Waals surface area contributed by atoms with Crippen LogP contribution in [0.15, 0.2) is 12.2 Å². The van der Waals surface area contributed by atoms with Gasteiger partial charge in [-0.2, -0.15) is 0 Å². The molecule has 62 valence electrons. The second kappa shape index (κ2) is 4.49. The van der Waals surface area contributed by atoms with Crippen molar-refractivity contribution in [3.8, 4) is 0 Å². The fourth-order valence-corrected chi connectivity index (χ4v) is 0.415. The number of amides is 3. The highest BCUT2D eigenvalue weighted by atomic mass is 16.2. The summed E-state index contributed by atoms with van der Waals surface area (Å²) in [4.78, 5) is 21.4. The van der Waals surface area contributed by atoms with Crippen LogP contribution < -0.4 is 10.6 Å². The van der Waals surface area contributed by atoms with E-state index < -0.39 is 11.9 Å². The van der Waals surface area contributed by atoms with Crippen molar-refractivity contribution in [1.29, 1.82) is 0 Å². The lowest BCUT2D eigenvalue weighted by Gasteiger charge is -2.02. The van der Waals surface area contributed by atoms with Gasteiger partial charge < -0.3 is 5.32 Å². The summed E-state index contributed by atoms with van der Waals surface area (Å²) in [5, 5.41) is 4.51. The van der Waals surface area contributed by atoms with Crippen molar-refractivity contribution in [1.82, 2.24) is 10.6 Å². The maximum Gasteiger partial charge on any atom is 0.321 e. The van der Waals surface area contributed by atoms with Crippen LogP contribution in [0, 0.1) is 0 Å². The molecule has 0 saturated carbocycles. The Hall–Kier alpha value is -1.32. The summed E-state index contributed by atoms with van der Waals surface area (Å²) in [6.07, 6.45) is 0. The quantitative estimate of drug-likeness (QED) is 0.569. The summed E-state index contributed by atoms with van der Waals surface area (Å²) in [5.41, 5.74) is 0.316. The molecule has 0 atom stereocenters. The first-order chi connectivity index (χ1) is 5.07. The first-order valence-electron chi connectivity index (χ1n) is 3.32. The Balaban J connectivity index is 3.76. The monoisotopic (exact) mass is 156 g/mol. The van der Waals surface area contributed by atoms with Crippen LogP contribution >= 0.6 is 0 Å². The van der Waals surface area contributed by atoms with E-state index in [4.69, 9.17) is 0 Å². The molecule has 0 aliphatic carbocycles. The van der Waals surface area contributed by atoms with E-state index in [1.54, 1.807) is 6.92 Å². The van der Waals surface area contributed by atoms with E-state index in [0.29, 0.717) is 12.1 Å². The average molecular weight is 156 g/mol. The molecule has 2 N–H and O–H groups in total. The SMILES string of the molecule is C=C(C)C(=O)NC(=O)NCC. The highest BCUT2D eigenvalue weighted by Crippen LogP contribution is 1.84. The minimum absolute atomic E-state index is 0.316. The molecule has 0 rings (SSSR count). The van der Waals surface area contributed by atoms with Crippen molar-refractivity contribution < 1.29 is 9.59 Å². The van der Waals surface area contributed by atoms with Gasteiger partial charge >= 0.3 is 6.03 Å². The van der Waals surface area contributed by atoms with Gasteiger partial charge in [0.1, 0.15) is 0 Å². The van der Waals surface area contributed by atoms with E-state index in [1.807, 2.05) is 0 Å². The van der Waals surface area contributed by atoms with Crippen molar-refractivity contribution in [3.05, 3.63) is 12.2 Å². The molecule has 0 fully saturated rings. The highest BCUT2D eigenvalue weighted by Gasteiger charge is 2.05. The second-order valence-electron chi connectivity index (χ2n) is 2.09. The van der Waals surface area contributed by atoms with Gasteiger partial charge in [-0.15, -0.1) is 0 Å². The molecule has 3 amide bonds. The van der Waals surface area contributed by atoms with Crippen LogP contribution in [-0.4, -0.2) is 18.5 Å². The molecule has 0 saturated heterocycles. The van der Waals surface area contributed by atoms with E-state index in [9.17, 15) is 9.59 Å². The van der Waals surface area contributed by atoms with Gasteiger partial charge in [-0.25, -0.2) is 4.79 Å². The standard InChI is InChI=1S/C7H12N2O2/c1-4-8-7(11)9-6(10)5(2)3/h2,4H2,1,3H3,(H2,8,9,10,11). The molecule has 0 aliphatic rings. The summed E-state index contributed by atoms with van der Waals surface area (Å²) in [7, 11) is 0. The predicted molar refractivity (Wildman–Crippen MR) is 42.0 cm³/mol. The molecule has 0 aromatic heterocycles. The molecule has 4 nitrogen and oxygen atoms in total. The largest absolute Gasteiger partial charge is 0.338 e. The van der Waals surface area contributed by atoms with E-state index >= 15 is 0 Å². The smallest absolute Gasteiger partial charge is 0.321 e. The van der Waals surface area contributed by atoms with Gasteiger partial charge in [0.05, 0.1) is 0 Å². The van der Waals surface area contributed by atoms with Crippen LogP contribution in [0.1, 0.15) is 13.8 Å². The second-order valence-corrected chi connectivity index (χ2v) is 2.09. The Morgan fingerprint density at radius 3 is 2.36 bits per heavy atom. The van der Waals surface area contributed by atoms with Crippen molar-refractivity contribution in [2.45, 2.75) is 13.8 Å². The first kappa shape index (κ1) is 9.68. The topological polar surface area (TPSA) is 58.2 Å². The molecule has 0 aromatic carbocycles. The van der Waals surface area contributed by atoms with Gasteiger partial charge in [0.2, 0.25) is 0 Å². The Kier molecular flexibility index (Phi) is 3.95. The maximum absolute atomic E-state index is 10.8. The lowest BCUT2D eigenvalue weighted by molar-refractivity contribution is -0.116. The lowest BCUT2D eigenvalue weighted by Crippen LogP contribution is -2.39. The molecule has 4 heteroatoms. The fourth-order valence-electron chi connectivity index (χ4n) is 0.415. The van der Waals surface area contributed by atoms with E-state index in [2.05, 4.69) is 17.2 Å². The molecule has 0 aromatic rings. The van der Waals surface area contributed by atoms with Gasteiger partial charge in [-0.05, 0) is 13.8 Å². The zero-order chi connectivity index (χ0) is 8.85. The lowest BCUT2D eigenvalue weighted by atomic mass is 10.3. The maximum atomic E-state index is 10.8. The third kappa shape index (κ3) is 4.13. The number of urea groups is 1. The van der Waals surface area contributed by atoms with Crippen molar-refractivity contribution in [3.63, 3.8) is 0 Å². The highest BCUT2D eigenvalue weighted by molar-refractivity contribution is 6.02. The number of carbonyl (C=O) groups is 2. The minimum Gasteiger partial charge on any atom is -0.338 e. The zero-order valence-corrected chi connectivity index (χ0v) is 6.73. The first-order valence-corrected chi connectivity index (χ1v) is 3.32. The Morgan fingerprint density at radius 2 is 2.00 bits per heavy atom.